The van der Waals surface area contributed by atoms with Gasteiger partial charge in [-0.1, -0.05) is 107 Å². The van der Waals surface area contributed by atoms with Crippen LogP contribution in [0.4, 0.5) is 5.69 Å². The Hall–Kier alpha value is -1.75. The second kappa shape index (κ2) is 13.4. The normalized spacial score (nSPS) is 15.7. The number of para-hydroxylation sites is 1. The van der Waals surface area contributed by atoms with Crippen molar-refractivity contribution < 1.29 is 15.6 Å². The van der Waals surface area contributed by atoms with Gasteiger partial charge in [-0.15, -0.1) is 0 Å². The molecular weight excluding hydrogens is 599 g/mol. The van der Waals surface area contributed by atoms with Crippen LogP contribution in [-0.2, 0) is 15.6 Å². The van der Waals surface area contributed by atoms with Gasteiger partial charge in [0.2, 0.25) is 5.90 Å². The molecule has 1 aliphatic rings. The standard InChI is InChI=1S/C28H30N2O.2BrH.Ni/c1-19(2)23-16-11-17-24(20(3)4)27(23)30-26(22-14-9-6-10-15-22)28-29-25(18-31-28)21-12-7-5-8-13-21;;;/h5-17,19-20,25H,18H2,1-4H3;2*1H;/q;;;+2/p-2/t25-;;;/m1.../s1. The summed E-state index contributed by atoms with van der Waals surface area (Å²) in [7, 11) is 1.25. The molecule has 1 heterocycles. The molecule has 0 saturated heterocycles. The van der Waals surface area contributed by atoms with E-state index in [1.165, 1.54) is 22.0 Å². The summed E-state index contributed by atoms with van der Waals surface area (Å²) in [6, 6.07) is 27.1. The Morgan fingerprint density at radius 2 is 1.38 bits per heavy atom. The van der Waals surface area contributed by atoms with Gasteiger partial charge in [0.25, 0.3) is 0 Å². The zero-order chi connectivity index (χ0) is 24.5. The van der Waals surface area contributed by atoms with Gasteiger partial charge in [-0.3, -0.25) is 0 Å². The predicted octanol–water partition coefficient (Wildman–Crippen LogP) is 8.91. The Morgan fingerprint density at radius 3 is 1.91 bits per heavy atom. The number of benzene rings is 3. The van der Waals surface area contributed by atoms with Crippen molar-refractivity contribution >= 4 is 45.7 Å². The summed E-state index contributed by atoms with van der Waals surface area (Å²) in [4.78, 5) is 10.2. The SMILES string of the molecule is CC(C)c1cccc(C(C)C)c1N=C(C1=N[C@@H](c2ccccc2)CO1)c1ccccc1.[Br][Ni][Br]. The van der Waals surface area contributed by atoms with Crippen molar-refractivity contribution in [2.75, 3.05) is 6.61 Å². The molecule has 0 spiro atoms. The van der Waals surface area contributed by atoms with Gasteiger partial charge in [0.15, 0.2) is 0 Å². The first-order valence-electron chi connectivity index (χ1n) is 11.3. The van der Waals surface area contributed by atoms with Crippen molar-refractivity contribution in [1.29, 1.82) is 0 Å². The maximum atomic E-state index is 6.13. The van der Waals surface area contributed by atoms with Crippen molar-refractivity contribution in [3.05, 3.63) is 101 Å². The molecule has 3 nitrogen and oxygen atoms in total. The van der Waals surface area contributed by atoms with Crippen LogP contribution in [0.1, 0.15) is 67.8 Å². The van der Waals surface area contributed by atoms with E-state index in [2.05, 4.69) is 98.6 Å². The number of halogens is 2. The first-order chi connectivity index (χ1) is 16.5. The van der Waals surface area contributed by atoms with Crippen molar-refractivity contribution in [2.24, 2.45) is 9.98 Å². The molecule has 0 aliphatic carbocycles. The summed E-state index contributed by atoms with van der Waals surface area (Å²) >= 11 is 6.00. The van der Waals surface area contributed by atoms with Crippen LogP contribution < -0.4 is 0 Å². The fraction of sp³-hybridized carbons (Fsp3) is 0.286. The van der Waals surface area contributed by atoms with Gasteiger partial charge < -0.3 is 4.74 Å². The monoisotopic (exact) mass is 626 g/mol. The topological polar surface area (TPSA) is 34.0 Å². The van der Waals surface area contributed by atoms with E-state index in [0.717, 1.165) is 22.5 Å². The molecular formula is C28H30Br2N2NiO. The Morgan fingerprint density at radius 1 is 0.853 bits per heavy atom. The van der Waals surface area contributed by atoms with Crippen LogP contribution in [0.2, 0.25) is 0 Å². The Labute approximate surface area is 223 Å². The van der Waals surface area contributed by atoms with E-state index in [9.17, 15) is 0 Å². The zero-order valence-corrected chi connectivity index (χ0v) is 24.0. The average Bonchev–Trinajstić information content (AvgIpc) is 3.34. The van der Waals surface area contributed by atoms with Crippen LogP contribution in [0.3, 0.4) is 0 Å². The summed E-state index contributed by atoms with van der Waals surface area (Å²) in [5.41, 5.74) is 6.52. The van der Waals surface area contributed by atoms with Crippen LogP contribution in [0.15, 0.2) is 88.8 Å². The van der Waals surface area contributed by atoms with Crippen LogP contribution in [-0.4, -0.2) is 18.2 Å². The summed E-state index contributed by atoms with van der Waals surface area (Å²) in [6.45, 7) is 9.41. The van der Waals surface area contributed by atoms with Crippen LogP contribution in [0, 0.1) is 0 Å². The molecule has 0 radical (unpaired) electrons. The molecule has 3 aromatic carbocycles. The number of hydrogen-bond donors (Lipinski definition) is 0. The van der Waals surface area contributed by atoms with E-state index >= 15 is 0 Å². The van der Waals surface area contributed by atoms with E-state index < -0.39 is 0 Å². The summed E-state index contributed by atoms with van der Waals surface area (Å²) in [6.07, 6.45) is 0. The molecule has 1 atom stereocenters. The van der Waals surface area contributed by atoms with Gasteiger partial charge >= 0.3 is 39.3 Å². The molecule has 3 aromatic rings. The van der Waals surface area contributed by atoms with Crippen LogP contribution >= 0.6 is 28.5 Å². The van der Waals surface area contributed by atoms with Crippen LogP contribution in [0.5, 0.6) is 0 Å². The quantitative estimate of drug-likeness (QED) is 0.198. The van der Waals surface area contributed by atoms with Crippen molar-refractivity contribution in [3.63, 3.8) is 0 Å². The Kier molecular flexibility index (Phi) is 10.6. The number of aliphatic imine (C=N–C) groups is 2. The van der Waals surface area contributed by atoms with Gasteiger partial charge in [-0.05, 0) is 28.5 Å². The van der Waals surface area contributed by atoms with Crippen molar-refractivity contribution in [2.45, 2.75) is 45.6 Å². The van der Waals surface area contributed by atoms with E-state index in [-0.39, 0.29) is 6.04 Å². The summed E-state index contributed by atoms with van der Waals surface area (Å²) in [5.74, 6) is 1.37. The molecule has 4 rings (SSSR count). The van der Waals surface area contributed by atoms with Gasteiger partial charge in [0, 0.05) is 5.56 Å². The molecule has 0 unspecified atom stereocenters. The third-order valence-corrected chi connectivity index (χ3v) is 5.65. The number of hydrogen-bond acceptors (Lipinski definition) is 3. The second-order valence-electron chi connectivity index (χ2n) is 8.64. The minimum absolute atomic E-state index is 0.00461. The summed E-state index contributed by atoms with van der Waals surface area (Å²) in [5, 5.41) is 0. The van der Waals surface area contributed by atoms with Gasteiger partial charge in [0.1, 0.15) is 18.4 Å². The van der Waals surface area contributed by atoms with Crippen molar-refractivity contribution in [3.8, 4) is 0 Å². The molecule has 0 fully saturated rings. The molecule has 182 valence electrons. The summed E-state index contributed by atoms with van der Waals surface area (Å²) < 4.78 is 6.13. The molecule has 6 heteroatoms. The zero-order valence-electron chi connectivity index (χ0n) is 19.8. The van der Waals surface area contributed by atoms with Crippen molar-refractivity contribution in [1.82, 2.24) is 0 Å². The first kappa shape index (κ1) is 26.9. The second-order valence-corrected chi connectivity index (χ2v) is 13.6. The van der Waals surface area contributed by atoms with E-state index in [0.29, 0.717) is 24.3 Å². The Bertz CT molecular complexity index is 1090. The maximum absolute atomic E-state index is 6.13. The third kappa shape index (κ3) is 6.90. The minimum atomic E-state index is -0.00461. The van der Waals surface area contributed by atoms with E-state index in [1.807, 2.05) is 36.4 Å². The number of ether oxygens (including phenoxy) is 1. The van der Waals surface area contributed by atoms with Crippen LogP contribution in [0.25, 0.3) is 0 Å². The average molecular weight is 629 g/mol. The molecule has 0 saturated carbocycles. The number of rotatable bonds is 6. The van der Waals surface area contributed by atoms with Gasteiger partial charge in [0.05, 0.1) is 5.69 Å². The predicted molar refractivity (Wildman–Crippen MR) is 148 cm³/mol. The Balaban J connectivity index is 0.00000103. The molecule has 0 aromatic heterocycles. The van der Waals surface area contributed by atoms with Gasteiger partial charge in [-0.2, -0.15) is 0 Å². The van der Waals surface area contributed by atoms with Gasteiger partial charge in [-0.25, -0.2) is 9.98 Å². The van der Waals surface area contributed by atoms with E-state index in [1.54, 1.807) is 0 Å². The molecule has 0 bridgehead atoms. The molecule has 0 amide bonds. The van der Waals surface area contributed by atoms with E-state index in [4.69, 9.17) is 14.7 Å². The molecule has 34 heavy (non-hydrogen) atoms. The first-order valence-corrected chi connectivity index (χ1v) is 16.2. The molecule has 0 N–H and O–H groups in total. The fourth-order valence-electron chi connectivity index (χ4n) is 3.93. The molecule has 1 aliphatic heterocycles. The number of nitrogens with zero attached hydrogens (tertiary/aromatic N) is 2. The fourth-order valence-corrected chi connectivity index (χ4v) is 3.93. The third-order valence-electron chi connectivity index (χ3n) is 5.65.